The van der Waals surface area contributed by atoms with Crippen LogP contribution in [0.4, 0.5) is 0 Å². The van der Waals surface area contributed by atoms with Gasteiger partial charge in [0, 0.05) is 26.4 Å². The molecule has 0 bridgehead atoms. The Hall–Kier alpha value is -1.15. The van der Waals surface area contributed by atoms with Crippen LogP contribution in [0.2, 0.25) is 0 Å². The molecule has 0 aliphatic carbocycles. The van der Waals surface area contributed by atoms with E-state index in [2.05, 4.69) is 10.6 Å². The van der Waals surface area contributed by atoms with Crippen molar-refractivity contribution in [1.82, 2.24) is 15.5 Å². The van der Waals surface area contributed by atoms with E-state index in [-0.39, 0.29) is 37.2 Å². The summed E-state index contributed by atoms with van der Waals surface area (Å²) in [5.74, 6) is -0.421. The van der Waals surface area contributed by atoms with Crippen LogP contribution in [0, 0.1) is 0 Å². The maximum absolute atomic E-state index is 11.8. The van der Waals surface area contributed by atoms with Crippen LogP contribution < -0.4 is 10.6 Å². The molecule has 0 aromatic heterocycles. The minimum absolute atomic E-state index is 0.0612. The molecule has 2 N–H and O–H groups in total. The van der Waals surface area contributed by atoms with Gasteiger partial charge in [0.2, 0.25) is 11.8 Å². The van der Waals surface area contributed by atoms with Crippen molar-refractivity contribution < 1.29 is 18.0 Å². The quantitative estimate of drug-likeness (QED) is 0.588. The van der Waals surface area contributed by atoms with E-state index >= 15 is 0 Å². The van der Waals surface area contributed by atoms with Crippen molar-refractivity contribution in [2.75, 3.05) is 38.7 Å². The van der Waals surface area contributed by atoms with E-state index in [4.69, 9.17) is 0 Å². The average molecular weight is 263 g/mol. The summed E-state index contributed by atoms with van der Waals surface area (Å²) in [6.45, 7) is 0.501. The SMILES string of the molecule is CN(CCS(C)(=O)=O)C(=O)C1CNC(=O)CN1. The van der Waals surface area contributed by atoms with Crippen LogP contribution in [0.3, 0.4) is 0 Å². The minimum atomic E-state index is -3.08. The topological polar surface area (TPSA) is 95.6 Å². The van der Waals surface area contributed by atoms with Gasteiger partial charge in [0.25, 0.3) is 0 Å². The first-order chi connectivity index (χ1) is 7.79. The molecule has 0 aromatic rings. The summed E-state index contributed by atoms with van der Waals surface area (Å²) in [7, 11) is -1.53. The monoisotopic (exact) mass is 263 g/mol. The van der Waals surface area contributed by atoms with Crippen molar-refractivity contribution in [3.8, 4) is 0 Å². The zero-order chi connectivity index (χ0) is 13.1. The molecule has 1 fully saturated rings. The third-order valence-corrected chi connectivity index (χ3v) is 3.41. The van der Waals surface area contributed by atoms with Gasteiger partial charge in [-0.05, 0) is 0 Å². The van der Waals surface area contributed by atoms with Gasteiger partial charge in [-0.3, -0.25) is 14.9 Å². The molecule has 0 aromatic carbocycles. The maximum atomic E-state index is 11.8. The van der Waals surface area contributed by atoms with Gasteiger partial charge in [-0.2, -0.15) is 0 Å². The molecule has 1 heterocycles. The number of nitrogens with zero attached hydrogens (tertiary/aromatic N) is 1. The lowest BCUT2D eigenvalue weighted by atomic mass is 10.2. The Labute approximate surface area is 100 Å². The maximum Gasteiger partial charge on any atom is 0.241 e. The number of sulfone groups is 1. The number of hydrogen-bond acceptors (Lipinski definition) is 5. The third-order valence-electron chi connectivity index (χ3n) is 2.48. The Morgan fingerprint density at radius 1 is 1.53 bits per heavy atom. The van der Waals surface area contributed by atoms with Crippen LogP contribution in [0.25, 0.3) is 0 Å². The molecule has 17 heavy (non-hydrogen) atoms. The van der Waals surface area contributed by atoms with Crippen LogP contribution in [-0.2, 0) is 19.4 Å². The third kappa shape index (κ3) is 4.70. The Bertz CT molecular complexity index is 396. The molecule has 1 unspecified atom stereocenters. The number of carbonyl (C=O) groups is 2. The predicted molar refractivity (Wildman–Crippen MR) is 62.1 cm³/mol. The van der Waals surface area contributed by atoms with Gasteiger partial charge in [0.05, 0.1) is 12.3 Å². The van der Waals surface area contributed by atoms with Gasteiger partial charge < -0.3 is 10.2 Å². The molecular formula is C9H17N3O4S. The lowest BCUT2D eigenvalue weighted by molar-refractivity contribution is -0.133. The van der Waals surface area contributed by atoms with Crippen molar-refractivity contribution in [3.05, 3.63) is 0 Å². The van der Waals surface area contributed by atoms with Crippen molar-refractivity contribution in [2.45, 2.75) is 6.04 Å². The van der Waals surface area contributed by atoms with E-state index in [1.165, 1.54) is 4.90 Å². The van der Waals surface area contributed by atoms with E-state index in [1.807, 2.05) is 0 Å². The van der Waals surface area contributed by atoms with Gasteiger partial charge in [0.1, 0.15) is 15.9 Å². The van der Waals surface area contributed by atoms with E-state index in [9.17, 15) is 18.0 Å². The molecular weight excluding hydrogens is 246 g/mol. The number of carbonyl (C=O) groups excluding carboxylic acids is 2. The highest BCUT2D eigenvalue weighted by molar-refractivity contribution is 7.90. The van der Waals surface area contributed by atoms with Gasteiger partial charge in [-0.15, -0.1) is 0 Å². The molecule has 1 aliphatic heterocycles. The first-order valence-corrected chi connectivity index (χ1v) is 7.28. The Balaban J connectivity index is 2.44. The number of hydrogen-bond donors (Lipinski definition) is 2. The summed E-state index contributed by atoms with van der Waals surface area (Å²) >= 11 is 0. The van der Waals surface area contributed by atoms with Gasteiger partial charge in [-0.1, -0.05) is 0 Å². The fourth-order valence-corrected chi connectivity index (χ4v) is 2.03. The van der Waals surface area contributed by atoms with Crippen LogP contribution in [-0.4, -0.2) is 69.9 Å². The lowest BCUT2D eigenvalue weighted by Gasteiger charge is -2.27. The number of rotatable bonds is 4. The smallest absolute Gasteiger partial charge is 0.241 e. The predicted octanol–water partition coefficient (Wildman–Crippen LogP) is -2.42. The summed E-state index contributed by atoms with van der Waals surface area (Å²) < 4.78 is 21.9. The summed E-state index contributed by atoms with van der Waals surface area (Å²) in [4.78, 5) is 24.1. The first-order valence-electron chi connectivity index (χ1n) is 5.22. The highest BCUT2D eigenvalue weighted by atomic mass is 32.2. The van der Waals surface area contributed by atoms with Crippen molar-refractivity contribution >= 4 is 21.7 Å². The van der Waals surface area contributed by atoms with Crippen LogP contribution in [0.5, 0.6) is 0 Å². The fourth-order valence-electron chi connectivity index (χ4n) is 1.42. The number of amides is 2. The van der Waals surface area contributed by atoms with E-state index < -0.39 is 15.9 Å². The highest BCUT2D eigenvalue weighted by Gasteiger charge is 2.26. The molecule has 1 atom stereocenters. The molecule has 1 rings (SSSR count). The molecule has 2 amide bonds. The van der Waals surface area contributed by atoms with Crippen molar-refractivity contribution in [1.29, 1.82) is 0 Å². The van der Waals surface area contributed by atoms with Crippen LogP contribution >= 0.6 is 0 Å². The minimum Gasteiger partial charge on any atom is -0.353 e. The van der Waals surface area contributed by atoms with Gasteiger partial charge in [0.15, 0.2) is 0 Å². The largest absolute Gasteiger partial charge is 0.353 e. The zero-order valence-electron chi connectivity index (χ0n) is 9.89. The summed E-state index contributed by atoms with van der Waals surface area (Å²) in [5, 5.41) is 5.37. The summed E-state index contributed by atoms with van der Waals surface area (Å²) in [6.07, 6.45) is 1.13. The second-order valence-corrected chi connectivity index (χ2v) is 6.39. The van der Waals surface area contributed by atoms with E-state index in [0.29, 0.717) is 0 Å². The number of nitrogens with one attached hydrogen (secondary N) is 2. The second kappa shape index (κ2) is 5.46. The summed E-state index contributed by atoms with van der Waals surface area (Å²) in [6, 6.07) is -0.475. The molecule has 0 radical (unpaired) electrons. The molecule has 8 heteroatoms. The van der Waals surface area contributed by atoms with Crippen molar-refractivity contribution in [2.24, 2.45) is 0 Å². The van der Waals surface area contributed by atoms with Crippen LogP contribution in [0.15, 0.2) is 0 Å². The molecule has 1 saturated heterocycles. The van der Waals surface area contributed by atoms with Gasteiger partial charge >= 0.3 is 0 Å². The lowest BCUT2D eigenvalue weighted by Crippen LogP contribution is -2.58. The number of likely N-dealkylation sites (N-methyl/N-ethyl adjacent to an activating group) is 1. The normalized spacial score (nSPS) is 20.8. The fraction of sp³-hybridized carbons (Fsp3) is 0.778. The molecule has 98 valence electrons. The van der Waals surface area contributed by atoms with Gasteiger partial charge in [-0.25, -0.2) is 8.42 Å². The van der Waals surface area contributed by atoms with Crippen molar-refractivity contribution in [3.63, 3.8) is 0 Å². The molecule has 1 aliphatic rings. The first kappa shape index (κ1) is 13.9. The molecule has 0 spiro atoms. The van der Waals surface area contributed by atoms with E-state index in [1.54, 1.807) is 7.05 Å². The highest BCUT2D eigenvalue weighted by Crippen LogP contribution is 1.96. The average Bonchev–Trinajstić information content (AvgIpc) is 2.25. The second-order valence-electron chi connectivity index (χ2n) is 4.13. The molecule has 7 nitrogen and oxygen atoms in total. The Kier molecular flexibility index (Phi) is 4.47. The Morgan fingerprint density at radius 2 is 2.18 bits per heavy atom. The zero-order valence-corrected chi connectivity index (χ0v) is 10.7. The number of piperazine rings is 1. The van der Waals surface area contributed by atoms with Crippen LogP contribution in [0.1, 0.15) is 0 Å². The standard InChI is InChI=1S/C9H17N3O4S/c1-12(3-4-17(2,15)16)9(14)7-5-11-8(13)6-10-7/h7,10H,3-6H2,1-2H3,(H,11,13). The Morgan fingerprint density at radius 3 is 2.65 bits per heavy atom. The van der Waals surface area contributed by atoms with E-state index in [0.717, 1.165) is 6.26 Å². The molecule has 0 saturated carbocycles. The summed E-state index contributed by atoms with van der Waals surface area (Å²) in [5.41, 5.74) is 0.